The number of amides is 1. The fraction of sp³-hybridized carbons (Fsp3) is 0.480. The van der Waals surface area contributed by atoms with Crippen LogP contribution in [0.1, 0.15) is 47.7 Å². The van der Waals surface area contributed by atoms with Crippen molar-refractivity contribution in [1.82, 2.24) is 10.2 Å². The molecule has 0 saturated carbocycles. The average Bonchev–Trinajstić information content (AvgIpc) is 2.79. The van der Waals surface area contributed by atoms with Crippen LogP contribution in [0.15, 0.2) is 42.5 Å². The Hall–Kier alpha value is -2.74. The van der Waals surface area contributed by atoms with Crippen LogP contribution in [-0.4, -0.2) is 44.2 Å². The summed E-state index contributed by atoms with van der Waals surface area (Å²) >= 11 is 0. The molecule has 1 amide bonds. The van der Waals surface area contributed by atoms with Gasteiger partial charge in [-0.25, -0.2) is 0 Å². The van der Waals surface area contributed by atoms with Gasteiger partial charge in [-0.15, -0.1) is 0 Å². The van der Waals surface area contributed by atoms with Crippen molar-refractivity contribution >= 4 is 5.91 Å². The number of rotatable bonds is 9. The van der Waals surface area contributed by atoms with Gasteiger partial charge in [0.15, 0.2) is 11.5 Å². The van der Waals surface area contributed by atoms with Crippen LogP contribution < -0.4 is 14.8 Å². The molecule has 1 aliphatic rings. The number of benzene rings is 2. The van der Waals surface area contributed by atoms with Gasteiger partial charge in [0, 0.05) is 19.6 Å². The van der Waals surface area contributed by atoms with Crippen molar-refractivity contribution < 1.29 is 27.4 Å². The van der Waals surface area contributed by atoms with Crippen molar-refractivity contribution in [2.45, 2.75) is 38.9 Å². The maximum absolute atomic E-state index is 13.1. The number of hydrogen-bond acceptors (Lipinski definition) is 4. The van der Waals surface area contributed by atoms with Crippen molar-refractivity contribution in [3.63, 3.8) is 0 Å². The monoisotopic (exact) mass is 464 g/mol. The minimum absolute atomic E-state index is 0.193. The highest BCUT2D eigenvalue weighted by atomic mass is 19.4. The number of piperidine rings is 1. The molecule has 5 nitrogen and oxygen atoms in total. The summed E-state index contributed by atoms with van der Waals surface area (Å²) in [6.07, 6.45) is -1.64. The van der Waals surface area contributed by atoms with E-state index in [9.17, 15) is 18.0 Å². The summed E-state index contributed by atoms with van der Waals surface area (Å²) in [5, 5.41) is 2.53. The summed E-state index contributed by atoms with van der Waals surface area (Å²) in [5.41, 5.74) is -0.169. The third kappa shape index (κ3) is 7.12. The summed E-state index contributed by atoms with van der Waals surface area (Å²) < 4.78 is 50.5. The molecule has 1 atom stereocenters. The van der Waals surface area contributed by atoms with Crippen LogP contribution >= 0.6 is 0 Å². The number of ether oxygens (including phenoxy) is 2. The van der Waals surface area contributed by atoms with Crippen molar-refractivity contribution in [3.05, 3.63) is 59.2 Å². The number of alkyl halides is 3. The molecule has 1 aliphatic heterocycles. The second-order valence-electron chi connectivity index (χ2n) is 8.47. The molecule has 2 aromatic carbocycles. The SMILES string of the molecule is COc1cc(CN2CCCC(C)C2)ccc1OCCCNC(=O)c1ccccc1C(F)(F)F. The lowest BCUT2D eigenvalue weighted by atomic mass is 10.00. The van der Waals surface area contributed by atoms with E-state index in [4.69, 9.17) is 9.47 Å². The van der Waals surface area contributed by atoms with Gasteiger partial charge in [0.05, 0.1) is 24.8 Å². The van der Waals surface area contributed by atoms with E-state index in [0.717, 1.165) is 31.3 Å². The molecule has 0 bridgehead atoms. The quantitative estimate of drug-likeness (QED) is 0.522. The molecular weight excluding hydrogens is 433 g/mol. The lowest BCUT2D eigenvalue weighted by Gasteiger charge is -2.30. The number of carbonyl (C=O) groups excluding carboxylic acids is 1. The molecule has 2 aromatic rings. The second-order valence-corrected chi connectivity index (χ2v) is 8.47. The van der Waals surface area contributed by atoms with Crippen LogP contribution in [0.5, 0.6) is 11.5 Å². The van der Waals surface area contributed by atoms with Gasteiger partial charge in [0.1, 0.15) is 0 Å². The molecule has 0 aliphatic carbocycles. The third-order valence-electron chi connectivity index (χ3n) is 5.72. The average molecular weight is 465 g/mol. The first-order valence-electron chi connectivity index (χ1n) is 11.2. The summed E-state index contributed by atoms with van der Waals surface area (Å²) in [6, 6.07) is 10.6. The molecule has 0 spiro atoms. The van der Waals surface area contributed by atoms with E-state index < -0.39 is 17.6 Å². The maximum Gasteiger partial charge on any atom is 0.417 e. The van der Waals surface area contributed by atoms with Crippen LogP contribution in [0, 0.1) is 5.92 Å². The van der Waals surface area contributed by atoms with Crippen LogP contribution in [-0.2, 0) is 12.7 Å². The third-order valence-corrected chi connectivity index (χ3v) is 5.72. The fourth-order valence-corrected chi connectivity index (χ4v) is 4.10. The fourth-order valence-electron chi connectivity index (χ4n) is 4.10. The van der Waals surface area contributed by atoms with E-state index in [2.05, 4.69) is 17.1 Å². The van der Waals surface area contributed by atoms with Crippen molar-refractivity contribution in [2.24, 2.45) is 5.92 Å². The molecule has 0 aromatic heterocycles. The zero-order valence-electron chi connectivity index (χ0n) is 19.1. The summed E-state index contributed by atoms with van der Waals surface area (Å²) in [5.74, 6) is 1.20. The van der Waals surface area contributed by atoms with Crippen LogP contribution in [0.4, 0.5) is 13.2 Å². The number of nitrogens with one attached hydrogen (secondary N) is 1. The predicted molar refractivity (Wildman–Crippen MR) is 121 cm³/mol. The highest BCUT2D eigenvalue weighted by Crippen LogP contribution is 2.32. The first kappa shape index (κ1) is 24.9. The lowest BCUT2D eigenvalue weighted by Crippen LogP contribution is -2.33. The second kappa shape index (κ2) is 11.4. The normalized spacial score (nSPS) is 16.9. The minimum atomic E-state index is -4.58. The number of hydrogen-bond donors (Lipinski definition) is 1. The Labute approximate surface area is 192 Å². The Morgan fingerprint density at radius 3 is 2.70 bits per heavy atom. The van der Waals surface area contributed by atoms with Gasteiger partial charge in [0.25, 0.3) is 5.91 Å². The van der Waals surface area contributed by atoms with Crippen molar-refractivity contribution in [3.8, 4) is 11.5 Å². The molecule has 1 N–H and O–H groups in total. The Morgan fingerprint density at radius 1 is 1.18 bits per heavy atom. The molecular formula is C25H31F3N2O3. The van der Waals surface area contributed by atoms with E-state index in [1.807, 2.05) is 18.2 Å². The predicted octanol–water partition coefficient (Wildman–Crippen LogP) is 5.14. The molecule has 33 heavy (non-hydrogen) atoms. The minimum Gasteiger partial charge on any atom is -0.493 e. The van der Waals surface area contributed by atoms with Gasteiger partial charge >= 0.3 is 6.18 Å². The number of nitrogens with zero attached hydrogens (tertiary/aromatic N) is 1. The summed E-state index contributed by atoms with van der Waals surface area (Å²) in [6.45, 7) is 5.83. The number of halogens is 3. The topological polar surface area (TPSA) is 50.8 Å². The first-order chi connectivity index (χ1) is 15.8. The van der Waals surface area contributed by atoms with E-state index in [1.165, 1.54) is 31.0 Å². The highest BCUT2D eigenvalue weighted by molar-refractivity contribution is 5.95. The van der Waals surface area contributed by atoms with Crippen LogP contribution in [0.2, 0.25) is 0 Å². The zero-order valence-corrected chi connectivity index (χ0v) is 19.1. The van der Waals surface area contributed by atoms with Gasteiger partial charge in [0.2, 0.25) is 0 Å². The Balaban J connectivity index is 1.47. The van der Waals surface area contributed by atoms with Gasteiger partial charge < -0.3 is 14.8 Å². The molecule has 1 heterocycles. The Bertz CT molecular complexity index is 933. The Kier molecular flexibility index (Phi) is 8.61. The molecule has 1 unspecified atom stereocenters. The summed E-state index contributed by atoms with van der Waals surface area (Å²) in [4.78, 5) is 14.6. The zero-order chi connectivity index (χ0) is 23.8. The molecule has 8 heteroatoms. The standard InChI is InChI=1S/C25H31F3N2O3/c1-18-7-5-13-30(16-18)17-19-10-11-22(23(15-19)32-2)33-14-6-12-29-24(31)20-8-3-4-9-21(20)25(26,27)28/h3-4,8-11,15,18H,5-7,12-14,16-17H2,1-2H3,(H,29,31). The van der Waals surface area contributed by atoms with E-state index in [0.29, 0.717) is 30.4 Å². The number of methoxy groups -OCH3 is 1. The van der Waals surface area contributed by atoms with E-state index >= 15 is 0 Å². The lowest BCUT2D eigenvalue weighted by molar-refractivity contribution is -0.137. The van der Waals surface area contributed by atoms with Gasteiger partial charge in [-0.2, -0.15) is 13.2 Å². The van der Waals surface area contributed by atoms with Gasteiger partial charge in [-0.1, -0.05) is 25.1 Å². The smallest absolute Gasteiger partial charge is 0.417 e. The number of carbonyl (C=O) groups is 1. The Morgan fingerprint density at radius 2 is 1.97 bits per heavy atom. The van der Waals surface area contributed by atoms with Crippen LogP contribution in [0.25, 0.3) is 0 Å². The van der Waals surface area contributed by atoms with Gasteiger partial charge in [-0.05, 0) is 61.6 Å². The molecule has 1 saturated heterocycles. The molecule has 1 fully saturated rings. The largest absolute Gasteiger partial charge is 0.493 e. The summed E-state index contributed by atoms with van der Waals surface area (Å²) in [7, 11) is 1.59. The van der Waals surface area contributed by atoms with Crippen molar-refractivity contribution in [2.75, 3.05) is 33.4 Å². The van der Waals surface area contributed by atoms with Gasteiger partial charge in [-0.3, -0.25) is 9.69 Å². The first-order valence-corrected chi connectivity index (χ1v) is 11.2. The molecule has 180 valence electrons. The van der Waals surface area contributed by atoms with Crippen molar-refractivity contribution in [1.29, 1.82) is 0 Å². The molecule has 3 rings (SSSR count). The maximum atomic E-state index is 13.1. The number of likely N-dealkylation sites (tertiary alicyclic amines) is 1. The van der Waals surface area contributed by atoms with E-state index in [1.54, 1.807) is 7.11 Å². The van der Waals surface area contributed by atoms with E-state index in [-0.39, 0.29) is 12.1 Å². The van der Waals surface area contributed by atoms with Crippen LogP contribution in [0.3, 0.4) is 0 Å². The molecule has 0 radical (unpaired) electrons. The highest BCUT2D eigenvalue weighted by Gasteiger charge is 2.34.